The fourth-order valence-corrected chi connectivity index (χ4v) is 2.20. The zero-order valence-corrected chi connectivity index (χ0v) is 16.2. The number of rotatable bonds is 11. The first-order valence-corrected chi connectivity index (χ1v) is 8.30. The molecule has 1 N–H and O–H groups in total. The van der Waals surface area contributed by atoms with Crippen LogP contribution in [-0.4, -0.2) is 34.1 Å². The molecule has 1 aliphatic heterocycles. The first-order valence-electron chi connectivity index (χ1n) is 8.30. The second-order valence-corrected chi connectivity index (χ2v) is 5.47. The normalized spacial score (nSPS) is 12.2. The predicted octanol–water partition coefficient (Wildman–Crippen LogP) is 5.15. The number of carbonyl (C=O) groups is 1. The molecule has 0 aromatic rings. The average molecular weight is 389 g/mol. The number of nitrogens with zero attached hydrogens (tertiary/aromatic N) is 2. The molecule has 0 amide bonds. The number of aliphatic carboxylic acids is 1. The Bertz CT molecular complexity index is 346. The van der Waals surface area contributed by atoms with Crippen LogP contribution < -0.4 is 0 Å². The molecule has 0 atom stereocenters. The van der Waals surface area contributed by atoms with E-state index in [0.29, 0.717) is 0 Å². The van der Waals surface area contributed by atoms with Crippen molar-refractivity contribution < 1.29 is 9.90 Å². The van der Waals surface area contributed by atoms with Crippen LogP contribution in [-0.2, 0) is 4.79 Å². The van der Waals surface area contributed by atoms with Gasteiger partial charge in [-0.15, -0.1) is 17.0 Å². The van der Waals surface area contributed by atoms with E-state index in [1.54, 1.807) is 0 Å². The Labute approximate surface area is 152 Å². The summed E-state index contributed by atoms with van der Waals surface area (Å²) in [7, 11) is 0. The maximum atomic E-state index is 9.25. The summed E-state index contributed by atoms with van der Waals surface area (Å²) >= 11 is 0. The Morgan fingerprint density at radius 2 is 1.61 bits per heavy atom. The van der Waals surface area contributed by atoms with Gasteiger partial charge in [0.2, 0.25) is 0 Å². The molecule has 0 aromatic heterocycles. The van der Waals surface area contributed by atoms with Crippen molar-refractivity contribution >= 4 is 23.0 Å². The Balaban J connectivity index is 0. The van der Waals surface area contributed by atoms with E-state index in [4.69, 9.17) is 5.11 Å². The third-order valence-corrected chi connectivity index (χ3v) is 3.52. The predicted molar refractivity (Wildman–Crippen MR) is 104 cm³/mol. The quantitative estimate of drug-likeness (QED) is 0.392. The van der Waals surface area contributed by atoms with Crippen molar-refractivity contribution in [3.63, 3.8) is 0 Å². The molecule has 0 saturated carbocycles. The van der Waals surface area contributed by atoms with Gasteiger partial charge in [0.1, 0.15) is 0 Å². The minimum Gasteiger partial charge on any atom is -0.478 e. The summed E-state index contributed by atoms with van der Waals surface area (Å²) in [5, 5.41) is 7.60. The number of carboxylic acids is 1. The molecule has 4 nitrogen and oxygen atoms in total. The van der Waals surface area contributed by atoms with Crippen molar-refractivity contribution in [2.75, 3.05) is 13.2 Å². The molecular formula is C18H33BrN2O2. The number of unbranched alkanes of at least 4 members (excludes halogenated alkanes) is 7. The van der Waals surface area contributed by atoms with Gasteiger partial charge in [-0.1, -0.05) is 65.0 Å². The average Bonchev–Trinajstić information content (AvgIpc) is 2.98. The van der Waals surface area contributed by atoms with Crippen molar-refractivity contribution in [3.05, 3.63) is 37.8 Å². The molecular weight excluding hydrogens is 356 g/mol. The summed E-state index contributed by atoms with van der Waals surface area (Å²) < 4.78 is 0. The van der Waals surface area contributed by atoms with Gasteiger partial charge in [0.15, 0.2) is 0 Å². The summed E-state index contributed by atoms with van der Waals surface area (Å²) in [6.45, 7) is 11.2. The smallest absolute Gasteiger partial charge is 0.327 e. The van der Waals surface area contributed by atoms with Crippen LogP contribution in [0, 0.1) is 0 Å². The minimum atomic E-state index is -0.981. The first-order chi connectivity index (χ1) is 10.6. The summed E-state index contributed by atoms with van der Waals surface area (Å²) in [4.78, 5) is 13.7. The van der Waals surface area contributed by atoms with Crippen LogP contribution in [0.3, 0.4) is 0 Å². The van der Waals surface area contributed by atoms with Gasteiger partial charge in [-0.3, -0.25) is 0 Å². The first kappa shape index (κ1) is 24.0. The molecule has 5 heteroatoms. The lowest BCUT2D eigenvalue weighted by Gasteiger charge is -2.18. The zero-order chi connectivity index (χ0) is 16.6. The van der Waals surface area contributed by atoms with Crippen molar-refractivity contribution in [1.82, 2.24) is 9.80 Å². The highest BCUT2D eigenvalue weighted by molar-refractivity contribution is 8.93. The Hall–Kier alpha value is -1.23. The second-order valence-electron chi connectivity index (χ2n) is 5.47. The van der Waals surface area contributed by atoms with Crippen molar-refractivity contribution in [2.45, 2.75) is 58.3 Å². The molecule has 0 radical (unpaired) electrons. The van der Waals surface area contributed by atoms with E-state index < -0.39 is 5.97 Å². The minimum absolute atomic E-state index is 0. The summed E-state index contributed by atoms with van der Waals surface area (Å²) in [6, 6.07) is 0. The third kappa shape index (κ3) is 15.4. The molecule has 23 heavy (non-hydrogen) atoms. The van der Waals surface area contributed by atoms with E-state index in [-0.39, 0.29) is 17.0 Å². The van der Waals surface area contributed by atoms with Crippen LogP contribution in [0.1, 0.15) is 58.3 Å². The highest BCUT2D eigenvalue weighted by Crippen LogP contribution is 2.11. The van der Waals surface area contributed by atoms with Gasteiger partial charge < -0.3 is 14.9 Å². The molecule has 134 valence electrons. The van der Waals surface area contributed by atoms with Crippen molar-refractivity contribution in [1.29, 1.82) is 0 Å². The van der Waals surface area contributed by atoms with Crippen LogP contribution in [0.25, 0.3) is 0 Å². The van der Waals surface area contributed by atoms with Gasteiger partial charge in [-0.2, -0.15) is 0 Å². The number of halogens is 1. The van der Waals surface area contributed by atoms with Gasteiger partial charge in [0, 0.05) is 25.0 Å². The van der Waals surface area contributed by atoms with E-state index in [2.05, 4.69) is 42.3 Å². The molecule has 0 spiro atoms. The fourth-order valence-electron chi connectivity index (χ4n) is 2.20. The van der Waals surface area contributed by atoms with E-state index in [9.17, 15) is 4.79 Å². The topological polar surface area (TPSA) is 43.8 Å². The molecule has 0 saturated heterocycles. The van der Waals surface area contributed by atoms with E-state index in [1.165, 1.54) is 57.9 Å². The highest BCUT2D eigenvalue weighted by atomic mass is 79.9. The van der Waals surface area contributed by atoms with Crippen LogP contribution in [0.5, 0.6) is 0 Å². The van der Waals surface area contributed by atoms with Crippen LogP contribution in [0.15, 0.2) is 37.8 Å². The largest absolute Gasteiger partial charge is 0.478 e. The monoisotopic (exact) mass is 388 g/mol. The Morgan fingerprint density at radius 3 is 2.04 bits per heavy atom. The molecule has 0 unspecified atom stereocenters. The summed E-state index contributed by atoms with van der Waals surface area (Å²) in [5.74, 6) is -0.981. The van der Waals surface area contributed by atoms with E-state index in [0.717, 1.165) is 12.7 Å². The molecule has 0 aliphatic carbocycles. The Kier molecular flexibility index (Phi) is 17.9. The van der Waals surface area contributed by atoms with Gasteiger partial charge >= 0.3 is 5.97 Å². The third-order valence-electron chi connectivity index (χ3n) is 3.52. The summed E-state index contributed by atoms with van der Waals surface area (Å²) in [6.07, 6.45) is 18.1. The van der Waals surface area contributed by atoms with Crippen molar-refractivity contribution in [2.24, 2.45) is 0 Å². The van der Waals surface area contributed by atoms with Crippen LogP contribution in [0.4, 0.5) is 0 Å². The van der Waals surface area contributed by atoms with E-state index >= 15 is 0 Å². The lowest BCUT2D eigenvalue weighted by Crippen LogP contribution is -2.22. The van der Waals surface area contributed by atoms with Gasteiger partial charge in [0.25, 0.3) is 0 Å². The molecule has 0 bridgehead atoms. The van der Waals surface area contributed by atoms with Crippen LogP contribution >= 0.6 is 17.0 Å². The SMILES string of the molecule is Br.C=CC(=O)O.C=CN1C=CN(CCCCCCCCCC)C1. The number of hydrogen-bond donors (Lipinski definition) is 1. The standard InChI is InChI=1S/C15H28N2.C3H4O2.BrH/c1-3-5-6-7-8-9-10-11-12-17-14-13-16(4-2)15-17;1-2-3(4)5;/h4,13-14H,2-3,5-12,15H2,1H3;2H,1H2,(H,4,5);1H. The maximum absolute atomic E-state index is 9.25. The van der Waals surface area contributed by atoms with Gasteiger partial charge in [-0.05, 0) is 12.6 Å². The van der Waals surface area contributed by atoms with E-state index in [1.807, 2.05) is 6.20 Å². The molecule has 0 fully saturated rings. The summed E-state index contributed by atoms with van der Waals surface area (Å²) in [5.41, 5.74) is 0. The second kappa shape index (κ2) is 17.1. The zero-order valence-electron chi connectivity index (χ0n) is 14.5. The van der Waals surface area contributed by atoms with Crippen molar-refractivity contribution in [3.8, 4) is 0 Å². The highest BCUT2D eigenvalue weighted by Gasteiger charge is 2.07. The maximum Gasteiger partial charge on any atom is 0.327 e. The Morgan fingerprint density at radius 1 is 1.09 bits per heavy atom. The fraction of sp³-hybridized carbons (Fsp3) is 0.611. The molecule has 1 aliphatic rings. The molecule has 1 heterocycles. The molecule has 1 rings (SSSR count). The lowest BCUT2D eigenvalue weighted by atomic mass is 10.1. The van der Waals surface area contributed by atoms with Gasteiger partial charge in [0.05, 0.1) is 6.67 Å². The van der Waals surface area contributed by atoms with Crippen LogP contribution in [0.2, 0.25) is 0 Å². The number of carboxylic acid groups (broad SMARTS) is 1. The molecule has 0 aromatic carbocycles. The van der Waals surface area contributed by atoms with Gasteiger partial charge in [-0.25, -0.2) is 4.79 Å². The lowest BCUT2D eigenvalue weighted by molar-refractivity contribution is -0.131. The number of hydrogen-bond acceptors (Lipinski definition) is 3.